The number of carboxylic acids is 1. The second-order valence-electron chi connectivity index (χ2n) is 9.07. The Morgan fingerprint density at radius 2 is 1.65 bits per heavy atom. The normalized spacial score (nSPS) is 16.8. The van der Waals surface area contributed by atoms with Crippen molar-refractivity contribution in [2.45, 2.75) is 69.6 Å². The smallest absolute Gasteiger partial charge is 0.325 e. The molecule has 7 amide bonds. The summed E-state index contributed by atoms with van der Waals surface area (Å²) in [6.45, 7) is 1.10. The van der Waals surface area contributed by atoms with Gasteiger partial charge in [0.15, 0.2) is 5.96 Å². The third kappa shape index (κ3) is 11.5. The number of hydrogen-bond donors (Lipinski definition) is 9. The van der Waals surface area contributed by atoms with Crippen LogP contribution >= 0.6 is 0 Å². The zero-order chi connectivity index (χ0) is 30.4. The van der Waals surface area contributed by atoms with Crippen LogP contribution in [-0.2, 0) is 28.8 Å². The minimum Gasteiger partial charge on any atom is -0.481 e. The van der Waals surface area contributed by atoms with E-state index in [2.05, 4.69) is 26.3 Å². The lowest BCUT2D eigenvalue weighted by molar-refractivity contribution is -0.141. The first-order chi connectivity index (χ1) is 18.8. The lowest BCUT2D eigenvalue weighted by Crippen LogP contribution is -2.57. The fourth-order valence-corrected chi connectivity index (χ4v) is 3.61. The molecule has 0 aromatic carbocycles. The number of aliphatic carboxylic acids is 1. The third-order valence-corrected chi connectivity index (χ3v) is 5.75. The molecule has 2 unspecified atom stereocenters. The van der Waals surface area contributed by atoms with E-state index in [0.29, 0.717) is 30.7 Å². The molecule has 224 valence electrons. The van der Waals surface area contributed by atoms with Crippen LogP contribution in [0, 0.1) is 0 Å². The molecule has 0 bridgehead atoms. The molecule has 18 heteroatoms. The number of nitrogens with two attached hydrogens (primary N) is 4. The van der Waals surface area contributed by atoms with Crippen LogP contribution in [0.5, 0.6) is 0 Å². The first-order valence-corrected chi connectivity index (χ1v) is 12.5. The van der Waals surface area contributed by atoms with Gasteiger partial charge in [0.2, 0.25) is 23.6 Å². The van der Waals surface area contributed by atoms with E-state index in [-0.39, 0.29) is 25.3 Å². The van der Waals surface area contributed by atoms with Gasteiger partial charge in [-0.1, -0.05) is 0 Å². The van der Waals surface area contributed by atoms with Crippen molar-refractivity contribution in [2.75, 3.05) is 19.6 Å². The van der Waals surface area contributed by atoms with Crippen LogP contribution in [-0.4, -0.2) is 101 Å². The summed E-state index contributed by atoms with van der Waals surface area (Å²) in [5.41, 5.74) is 21.1. The van der Waals surface area contributed by atoms with Crippen molar-refractivity contribution in [3.63, 3.8) is 0 Å². The summed E-state index contributed by atoms with van der Waals surface area (Å²) in [4.78, 5) is 90.1. The summed E-state index contributed by atoms with van der Waals surface area (Å²) in [5.74, 6) is -5.81. The van der Waals surface area contributed by atoms with Crippen LogP contribution in [0.1, 0.15) is 45.4 Å². The Kier molecular flexibility index (Phi) is 13.8. The van der Waals surface area contributed by atoms with Crippen LogP contribution < -0.4 is 44.2 Å². The van der Waals surface area contributed by atoms with Crippen LogP contribution in [0.3, 0.4) is 0 Å². The van der Waals surface area contributed by atoms with Gasteiger partial charge in [-0.15, -0.1) is 0 Å². The Hall–Kier alpha value is -4.48. The Morgan fingerprint density at radius 3 is 2.23 bits per heavy atom. The Labute approximate surface area is 230 Å². The third-order valence-electron chi connectivity index (χ3n) is 5.75. The molecular weight excluding hydrogens is 532 g/mol. The number of amides is 7. The van der Waals surface area contributed by atoms with E-state index in [9.17, 15) is 38.7 Å². The highest BCUT2D eigenvalue weighted by Gasteiger charge is 2.39. The lowest BCUT2D eigenvalue weighted by Gasteiger charge is -2.24. The van der Waals surface area contributed by atoms with Crippen molar-refractivity contribution >= 4 is 47.5 Å². The fraction of sp³-hybridized carbons (Fsp3) is 0.636. The molecule has 0 aromatic heterocycles. The molecule has 4 atom stereocenters. The Morgan fingerprint density at radius 1 is 1.00 bits per heavy atom. The summed E-state index contributed by atoms with van der Waals surface area (Å²) >= 11 is 0. The number of aliphatic imine (C=N–C) groups is 1. The highest BCUT2D eigenvalue weighted by molar-refractivity contribution is 6.06. The average molecular weight is 571 g/mol. The van der Waals surface area contributed by atoms with E-state index >= 15 is 0 Å². The predicted molar refractivity (Wildman–Crippen MR) is 140 cm³/mol. The van der Waals surface area contributed by atoms with E-state index in [4.69, 9.17) is 22.9 Å². The van der Waals surface area contributed by atoms with Crippen LogP contribution in [0.15, 0.2) is 4.99 Å². The molecular formula is C22H38N10O8. The minimum absolute atomic E-state index is 0.0982. The van der Waals surface area contributed by atoms with Gasteiger partial charge in [0.1, 0.15) is 30.7 Å². The van der Waals surface area contributed by atoms with Crippen molar-refractivity contribution in [2.24, 2.45) is 27.9 Å². The molecule has 0 aromatic rings. The number of urea groups is 1. The second kappa shape index (κ2) is 16.5. The van der Waals surface area contributed by atoms with Crippen molar-refractivity contribution in [1.82, 2.24) is 26.2 Å². The Balaban J connectivity index is 2.88. The van der Waals surface area contributed by atoms with Gasteiger partial charge >= 0.3 is 12.0 Å². The van der Waals surface area contributed by atoms with Crippen LogP contribution in [0.25, 0.3) is 0 Å². The maximum Gasteiger partial charge on any atom is 0.325 e. The number of primary amides is 1. The zero-order valence-electron chi connectivity index (χ0n) is 22.2. The van der Waals surface area contributed by atoms with Crippen molar-refractivity contribution in [1.29, 1.82) is 0 Å². The number of carbonyl (C=O) groups is 7. The van der Waals surface area contributed by atoms with E-state index in [0.717, 1.165) is 0 Å². The van der Waals surface area contributed by atoms with Gasteiger partial charge in [-0.25, -0.2) is 4.79 Å². The number of nitrogens with zero attached hydrogens (tertiary/aromatic N) is 2. The molecule has 0 aliphatic carbocycles. The number of imide groups is 1. The summed E-state index contributed by atoms with van der Waals surface area (Å²) in [5, 5.41) is 18.6. The quantitative estimate of drug-likeness (QED) is 0.0327. The maximum absolute atomic E-state index is 12.9. The lowest BCUT2D eigenvalue weighted by atomic mass is 10.1. The molecule has 18 nitrogen and oxygen atoms in total. The maximum atomic E-state index is 12.9. The summed E-state index contributed by atoms with van der Waals surface area (Å²) in [6.07, 6.45) is 0.733. The van der Waals surface area contributed by atoms with Gasteiger partial charge in [0.25, 0.3) is 5.91 Å². The number of guanidine groups is 1. The van der Waals surface area contributed by atoms with Crippen molar-refractivity contribution in [3.05, 3.63) is 0 Å². The highest BCUT2D eigenvalue weighted by Crippen LogP contribution is 2.11. The standard InChI is InChI=1S/C22H38N10O8/c1-11(17(24)36)28-18(37)12(5-2-3-7-23)30-19(38)14(9-16(34)35)29-15(33)10-32-20(39)13(31-22(32)40)6-4-8-27-21(25)26/h11-14H,2-10,23H2,1H3,(H2,24,36)(H,28,37)(H,29,33)(H,30,38)(H,31,40)(H,34,35)(H4,25,26,27)/t11-,12-,13?,14?/m0/s1. The van der Waals surface area contributed by atoms with Gasteiger partial charge in [0.05, 0.1) is 6.42 Å². The monoisotopic (exact) mass is 570 g/mol. The van der Waals surface area contributed by atoms with Gasteiger partial charge in [-0.3, -0.25) is 38.7 Å². The predicted octanol–water partition coefficient (Wildman–Crippen LogP) is -4.48. The van der Waals surface area contributed by atoms with E-state index in [1.807, 2.05) is 0 Å². The summed E-state index contributed by atoms with van der Waals surface area (Å²) < 4.78 is 0. The van der Waals surface area contributed by atoms with Crippen molar-refractivity contribution in [3.8, 4) is 0 Å². The molecule has 40 heavy (non-hydrogen) atoms. The molecule has 1 saturated heterocycles. The van der Waals surface area contributed by atoms with Gasteiger partial charge in [-0.2, -0.15) is 0 Å². The first kappa shape index (κ1) is 33.5. The second-order valence-corrected chi connectivity index (χ2v) is 9.07. The van der Waals surface area contributed by atoms with Gasteiger partial charge < -0.3 is 49.3 Å². The fourth-order valence-electron chi connectivity index (χ4n) is 3.61. The largest absolute Gasteiger partial charge is 0.481 e. The first-order valence-electron chi connectivity index (χ1n) is 12.5. The SMILES string of the molecule is C[C@H](NC(=O)[C@H](CCCCN)NC(=O)C(CC(=O)O)NC(=O)CN1C(=O)NC(CCCN=C(N)N)C1=O)C(N)=O. The van der Waals surface area contributed by atoms with Gasteiger partial charge in [0, 0.05) is 6.54 Å². The molecule has 1 rings (SSSR count). The highest BCUT2D eigenvalue weighted by atomic mass is 16.4. The molecule has 1 fully saturated rings. The number of unbranched alkanes of at least 4 members (excludes halogenated alkanes) is 1. The molecule has 1 aliphatic rings. The summed E-state index contributed by atoms with van der Waals surface area (Å²) in [6, 6.07) is -5.65. The number of nitrogens with one attached hydrogen (secondary N) is 4. The van der Waals surface area contributed by atoms with E-state index in [1.165, 1.54) is 6.92 Å². The minimum atomic E-state index is -1.65. The molecule has 13 N–H and O–H groups in total. The molecule has 0 spiro atoms. The van der Waals surface area contributed by atoms with Crippen LogP contribution in [0.2, 0.25) is 0 Å². The average Bonchev–Trinajstić information content (AvgIpc) is 3.12. The number of hydrogen-bond acceptors (Lipinski definition) is 9. The number of carbonyl (C=O) groups excluding carboxylic acids is 6. The topological polar surface area (TPSA) is 308 Å². The molecule has 0 radical (unpaired) electrons. The van der Waals surface area contributed by atoms with Crippen LogP contribution in [0.4, 0.5) is 4.79 Å². The number of rotatable bonds is 18. The van der Waals surface area contributed by atoms with E-state index in [1.54, 1.807) is 0 Å². The molecule has 1 heterocycles. The Bertz CT molecular complexity index is 1000. The molecule has 0 saturated carbocycles. The molecule has 1 aliphatic heterocycles. The number of carboxylic acid groups (broad SMARTS) is 1. The summed E-state index contributed by atoms with van der Waals surface area (Å²) in [7, 11) is 0. The van der Waals surface area contributed by atoms with Crippen molar-refractivity contribution < 1.29 is 38.7 Å². The van der Waals surface area contributed by atoms with Gasteiger partial charge in [-0.05, 0) is 45.6 Å². The zero-order valence-corrected chi connectivity index (χ0v) is 22.2. The van der Waals surface area contributed by atoms with E-state index < -0.39 is 78.7 Å².